The van der Waals surface area contributed by atoms with E-state index >= 15 is 0 Å². The second-order valence-electron chi connectivity index (χ2n) is 5.29. The maximum absolute atomic E-state index is 12.1. The lowest BCUT2D eigenvalue weighted by Crippen LogP contribution is -2.46. The Morgan fingerprint density at radius 3 is 3.00 bits per heavy atom. The van der Waals surface area contributed by atoms with Crippen LogP contribution in [-0.2, 0) is 11.2 Å². The van der Waals surface area contributed by atoms with Crippen LogP contribution in [0.5, 0.6) is 0 Å². The van der Waals surface area contributed by atoms with E-state index in [0.717, 1.165) is 36.8 Å². The highest BCUT2D eigenvalue weighted by atomic mass is 32.1. The van der Waals surface area contributed by atoms with Crippen LogP contribution in [0, 0.1) is 6.92 Å². The summed E-state index contributed by atoms with van der Waals surface area (Å²) in [6.45, 7) is 6.54. The van der Waals surface area contributed by atoms with E-state index in [1.54, 1.807) is 11.3 Å². The van der Waals surface area contributed by atoms with E-state index in [-0.39, 0.29) is 5.91 Å². The maximum atomic E-state index is 12.1. The molecule has 1 aliphatic heterocycles. The minimum Gasteiger partial charge on any atom is -0.316 e. The van der Waals surface area contributed by atoms with Crippen molar-refractivity contribution in [2.45, 2.75) is 39.2 Å². The van der Waals surface area contributed by atoms with Gasteiger partial charge in [-0.1, -0.05) is 6.92 Å². The topological polar surface area (TPSA) is 57.3 Å². The molecule has 0 spiro atoms. The first-order valence-electron chi connectivity index (χ1n) is 7.28. The molecule has 2 heterocycles. The first-order valence-corrected chi connectivity index (χ1v) is 8.09. The number of carbonyl (C=O) groups excluding carboxylic acids is 1. The van der Waals surface area contributed by atoms with E-state index in [2.05, 4.69) is 27.4 Å². The number of aromatic nitrogens is 1. The molecule has 0 aromatic carbocycles. The number of anilines is 1. The van der Waals surface area contributed by atoms with Gasteiger partial charge in [-0.15, -0.1) is 11.3 Å². The third-order valence-electron chi connectivity index (χ3n) is 3.75. The van der Waals surface area contributed by atoms with Gasteiger partial charge in [0, 0.05) is 17.5 Å². The molecular formula is C14H24N4OS. The van der Waals surface area contributed by atoms with Crippen LogP contribution in [0.15, 0.2) is 0 Å². The Morgan fingerprint density at radius 2 is 2.35 bits per heavy atom. The van der Waals surface area contributed by atoms with Crippen molar-refractivity contribution < 1.29 is 4.79 Å². The fourth-order valence-electron chi connectivity index (χ4n) is 2.61. The number of aryl methyl sites for hydroxylation is 2. The molecule has 0 aliphatic carbocycles. The predicted molar refractivity (Wildman–Crippen MR) is 83.4 cm³/mol. The molecule has 1 saturated heterocycles. The highest BCUT2D eigenvalue weighted by Crippen LogP contribution is 2.22. The smallest absolute Gasteiger partial charge is 0.240 e. The Kier molecular flexibility index (Phi) is 5.51. The maximum Gasteiger partial charge on any atom is 0.240 e. The van der Waals surface area contributed by atoms with Crippen LogP contribution in [0.2, 0.25) is 0 Å². The quantitative estimate of drug-likeness (QED) is 0.867. The Labute approximate surface area is 124 Å². The number of thiazole rings is 1. The van der Waals surface area contributed by atoms with Gasteiger partial charge in [-0.2, -0.15) is 0 Å². The van der Waals surface area contributed by atoms with Crippen LogP contribution in [0.4, 0.5) is 5.13 Å². The summed E-state index contributed by atoms with van der Waals surface area (Å²) in [5.74, 6) is 0.0400. The van der Waals surface area contributed by atoms with Crippen molar-refractivity contribution in [3.63, 3.8) is 0 Å². The zero-order valence-electron chi connectivity index (χ0n) is 12.5. The van der Waals surface area contributed by atoms with Gasteiger partial charge in [0.2, 0.25) is 5.91 Å². The summed E-state index contributed by atoms with van der Waals surface area (Å²) in [7, 11) is 1.98. The molecule has 1 aliphatic rings. The first kappa shape index (κ1) is 15.4. The molecule has 6 heteroatoms. The minimum absolute atomic E-state index is 0.0400. The minimum atomic E-state index is 0.0400. The Balaban J connectivity index is 1.85. The zero-order valence-corrected chi connectivity index (χ0v) is 13.3. The molecule has 20 heavy (non-hydrogen) atoms. The molecule has 1 fully saturated rings. The van der Waals surface area contributed by atoms with Gasteiger partial charge in [0.15, 0.2) is 5.13 Å². The van der Waals surface area contributed by atoms with E-state index in [1.165, 1.54) is 11.3 Å². The van der Waals surface area contributed by atoms with E-state index in [0.29, 0.717) is 12.6 Å². The second-order valence-corrected chi connectivity index (χ2v) is 6.49. The number of nitrogens with one attached hydrogen (secondary N) is 2. The summed E-state index contributed by atoms with van der Waals surface area (Å²) in [5, 5.41) is 6.94. The molecule has 0 saturated carbocycles. The summed E-state index contributed by atoms with van der Waals surface area (Å²) in [6, 6.07) is 0.505. The Morgan fingerprint density at radius 1 is 1.55 bits per heavy atom. The van der Waals surface area contributed by atoms with Gasteiger partial charge in [-0.05, 0) is 39.8 Å². The lowest BCUT2D eigenvalue weighted by molar-refractivity contribution is -0.117. The van der Waals surface area contributed by atoms with Crippen molar-refractivity contribution in [3.05, 3.63) is 10.6 Å². The number of likely N-dealkylation sites (N-methyl/N-ethyl adjacent to an activating group) is 1. The highest BCUT2D eigenvalue weighted by Gasteiger charge is 2.20. The van der Waals surface area contributed by atoms with E-state index in [4.69, 9.17) is 0 Å². The van der Waals surface area contributed by atoms with E-state index in [9.17, 15) is 4.79 Å². The summed E-state index contributed by atoms with van der Waals surface area (Å²) in [6.07, 6.45) is 3.25. The van der Waals surface area contributed by atoms with Crippen molar-refractivity contribution >= 4 is 22.4 Å². The lowest BCUT2D eigenvalue weighted by Gasteiger charge is -2.31. The molecule has 1 aromatic rings. The molecule has 1 aromatic heterocycles. The Bertz CT molecular complexity index is 460. The van der Waals surface area contributed by atoms with Crippen molar-refractivity contribution in [1.82, 2.24) is 15.2 Å². The fourth-order valence-corrected chi connectivity index (χ4v) is 3.52. The van der Waals surface area contributed by atoms with Gasteiger partial charge in [0.1, 0.15) is 0 Å². The second kappa shape index (κ2) is 7.15. The van der Waals surface area contributed by atoms with Crippen molar-refractivity contribution in [2.24, 2.45) is 0 Å². The monoisotopic (exact) mass is 296 g/mol. The fraction of sp³-hybridized carbons (Fsp3) is 0.714. The number of piperidine rings is 1. The summed E-state index contributed by atoms with van der Waals surface area (Å²) in [5.41, 5.74) is 1.08. The number of hydrogen-bond acceptors (Lipinski definition) is 5. The van der Waals surface area contributed by atoms with E-state index < -0.39 is 0 Å². The molecular weight excluding hydrogens is 272 g/mol. The molecule has 0 bridgehead atoms. The van der Waals surface area contributed by atoms with Crippen molar-refractivity contribution in [3.8, 4) is 0 Å². The summed E-state index contributed by atoms with van der Waals surface area (Å²) in [4.78, 5) is 19.9. The third kappa shape index (κ3) is 4.01. The van der Waals surface area contributed by atoms with Gasteiger partial charge in [0.25, 0.3) is 0 Å². The van der Waals surface area contributed by atoms with Crippen LogP contribution in [0.3, 0.4) is 0 Å². The lowest BCUT2D eigenvalue weighted by atomic mass is 10.1. The molecule has 1 atom stereocenters. The standard InChI is InChI=1S/C14H24N4OS/c1-4-12-10(2)20-14(16-12)17-13(19)9-18-7-5-6-11(8-18)15-3/h11,15H,4-9H2,1-3H3,(H,16,17,19). The van der Waals surface area contributed by atoms with Crippen molar-refractivity contribution in [1.29, 1.82) is 0 Å². The molecule has 5 nitrogen and oxygen atoms in total. The molecule has 2 N–H and O–H groups in total. The number of likely N-dealkylation sites (tertiary alicyclic amines) is 1. The summed E-state index contributed by atoms with van der Waals surface area (Å²) < 4.78 is 0. The molecule has 1 unspecified atom stereocenters. The average molecular weight is 296 g/mol. The van der Waals surface area contributed by atoms with Crippen LogP contribution >= 0.6 is 11.3 Å². The molecule has 1 amide bonds. The highest BCUT2D eigenvalue weighted by molar-refractivity contribution is 7.15. The zero-order chi connectivity index (χ0) is 14.5. The molecule has 112 valence electrons. The largest absolute Gasteiger partial charge is 0.316 e. The van der Waals surface area contributed by atoms with Crippen LogP contribution in [0.1, 0.15) is 30.3 Å². The summed E-state index contributed by atoms with van der Waals surface area (Å²) >= 11 is 1.56. The molecule has 0 radical (unpaired) electrons. The number of amides is 1. The first-order chi connectivity index (χ1) is 9.62. The van der Waals surface area contributed by atoms with Gasteiger partial charge < -0.3 is 10.6 Å². The molecule has 2 rings (SSSR count). The van der Waals surface area contributed by atoms with Crippen LogP contribution in [-0.4, -0.2) is 48.5 Å². The van der Waals surface area contributed by atoms with Crippen molar-refractivity contribution in [2.75, 3.05) is 32.0 Å². The number of carbonyl (C=O) groups is 1. The van der Waals surface area contributed by atoms with Gasteiger partial charge in [-0.25, -0.2) is 4.98 Å². The van der Waals surface area contributed by atoms with Gasteiger partial charge >= 0.3 is 0 Å². The normalized spacial score (nSPS) is 20.1. The number of hydrogen-bond donors (Lipinski definition) is 2. The number of nitrogens with zero attached hydrogens (tertiary/aromatic N) is 2. The van der Waals surface area contributed by atoms with Gasteiger partial charge in [-0.3, -0.25) is 9.69 Å². The third-order valence-corrected chi connectivity index (χ3v) is 4.68. The van der Waals surface area contributed by atoms with Crippen LogP contribution < -0.4 is 10.6 Å². The SMILES string of the molecule is CCc1nc(NC(=O)CN2CCCC(NC)C2)sc1C. The van der Waals surface area contributed by atoms with Gasteiger partial charge in [0.05, 0.1) is 12.2 Å². The predicted octanol–water partition coefficient (Wildman–Crippen LogP) is 1.64. The average Bonchev–Trinajstić information content (AvgIpc) is 2.78. The van der Waals surface area contributed by atoms with E-state index in [1.807, 2.05) is 14.0 Å². The number of rotatable bonds is 5. The van der Waals surface area contributed by atoms with Crippen LogP contribution in [0.25, 0.3) is 0 Å². The Hall–Kier alpha value is -0.980.